The standard InChI is InChI=1S/C8H11N3O2/c1-4-12-6-7(1)13-11-5-8-9-2-3-10-8/h2-3,5,7H,1,4,6H2,(H,9,10)/b11-5+. The van der Waals surface area contributed by atoms with Crippen molar-refractivity contribution in [3.8, 4) is 0 Å². The van der Waals surface area contributed by atoms with Gasteiger partial charge in [-0.15, -0.1) is 0 Å². The molecule has 0 spiro atoms. The maximum absolute atomic E-state index is 5.16. The van der Waals surface area contributed by atoms with E-state index in [0.29, 0.717) is 12.4 Å². The van der Waals surface area contributed by atoms with Crippen LogP contribution < -0.4 is 0 Å². The summed E-state index contributed by atoms with van der Waals surface area (Å²) in [6.45, 7) is 1.40. The Labute approximate surface area is 75.8 Å². The quantitative estimate of drug-likeness (QED) is 0.547. The number of hydrogen-bond donors (Lipinski definition) is 1. The van der Waals surface area contributed by atoms with Crippen LogP contribution >= 0.6 is 0 Å². The Bertz CT molecular complexity index is 265. The molecule has 13 heavy (non-hydrogen) atoms. The van der Waals surface area contributed by atoms with Gasteiger partial charge in [0.15, 0.2) is 11.9 Å². The van der Waals surface area contributed by atoms with E-state index in [1.54, 1.807) is 18.6 Å². The first-order valence-corrected chi connectivity index (χ1v) is 4.21. The van der Waals surface area contributed by atoms with Crippen molar-refractivity contribution in [2.75, 3.05) is 13.2 Å². The first-order chi connectivity index (χ1) is 6.45. The zero-order chi connectivity index (χ0) is 8.93. The molecule has 1 atom stereocenters. The molecule has 1 fully saturated rings. The van der Waals surface area contributed by atoms with Crippen molar-refractivity contribution in [1.29, 1.82) is 0 Å². The number of nitrogens with one attached hydrogen (secondary N) is 1. The van der Waals surface area contributed by atoms with Crippen LogP contribution in [0.2, 0.25) is 0 Å². The average molecular weight is 181 g/mol. The summed E-state index contributed by atoms with van der Waals surface area (Å²) < 4.78 is 5.12. The summed E-state index contributed by atoms with van der Waals surface area (Å²) >= 11 is 0. The van der Waals surface area contributed by atoms with Crippen LogP contribution in [0.4, 0.5) is 0 Å². The van der Waals surface area contributed by atoms with Crippen LogP contribution in [-0.4, -0.2) is 35.5 Å². The average Bonchev–Trinajstić information content (AvgIpc) is 2.75. The Kier molecular flexibility index (Phi) is 2.56. The zero-order valence-electron chi connectivity index (χ0n) is 7.14. The highest BCUT2D eigenvalue weighted by atomic mass is 16.7. The predicted molar refractivity (Wildman–Crippen MR) is 46.5 cm³/mol. The van der Waals surface area contributed by atoms with Gasteiger partial charge in [-0.1, -0.05) is 5.16 Å². The Morgan fingerprint density at radius 3 is 3.46 bits per heavy atom. The molecule has 0 saturated carbocycles. The number of imidazole rings is 1. The lowest BCUT2D eigenvalue weighted by Gasteiger charge is -2.02. The van der Waals surface area contributed by atoms with Crippen molar-refractivity contribution in [1.82, 2.24) is 9.97 Å². The van der Waals surface area contributed by atoms with Gasteiger partial charge < -0.3 is 14.6 Å². The van der Waals surface area contributed by atoms with Crippen LogP contribution in [0.3, 0.4) is 0 Å². The van der Waals surface area contributed by atoms with Crippen LogP contribution in [0.15, 0.2) is 17.5 Å². The zero-order valence-corrected chi connectivity index (χ0v) is 7.14. The lowest BCUT2D eigenvalue weighted by atomic mass is 10.3. The summed E-state index contributed by atoms with van der Waals surface area (Å²) in [5, 5.41) is 3.80. The molecule has 1 unspecified atom stereocenters. The largest absolute Gasteiger partial charge is 0.390 e. The van der Waals surface area contributed by atoms with Gasteiger partial charge in [0.05, 0.1) is 13.2 Å². The smallest absolute Gasteiger partial charge is 0.152 e. The molecule has 0 aliphatic carbocycles. The molecule has 5 heteroatoms. The van der Waals surface area contributed by atoms with Crippen molar-refractivity contribution >= 4 is 6.21 Å². The topological polar surface area (TPSA) is 59.5 Å². The Hall–Kier alpha value is -1.36. The van der Waals surface area contributed by atoms with Gasteiger partial charge in [0.25, 0.3) is 0 Å². The second-order valence-corrected chi connectivity index (χ2v) is 2.80. The number of ether oxygens (including phenoxy) is 1. The van der Waals surface area contributed by atoms with Gasteiger partial charge in [0.1, 0.15) is 6.21 Å². The first kappa shape index (κ1) is 8.25. The normalized spacial score (nSPS) is 22.6. The molecule has 1 aromatic rings. The minimum atomic E-state index is 0.103. The number of aromatic amines is 1. The fraction of sp³-hybridized carbons (Fsp3) is 0.500. The van der Waals surface area contributed by atoms with Gasteiger partial charge >= 0.3 is 0 Å². The van der Waals surface area contributed by atoms with Crippen LogP contribution in [0.1, 0.15) is 12.2 Å². The number of rotatable bonds is 3. The lowest BCUT2D eigenvalue weighted by Crippen LogP contribution is -2.08. The van der Waals surface area contributed by atoms with E-state index in [-0.39, 0.29) is 6.10 Å². The van der Waals surface area contributed by atoms with E-state index >= 15 is 0 Å². The van der Waals surface area contributed by atoms with E-state index in [1.807, 2.05) is 0 Å². The highest BCUT2D eigenvalue weighted by Gasteiger charge is 2.16. The summed E-state index contributed by atoms with van der Waals surface area (Å²) in [5.41, 5.74) is 0. The molecule has 1 aliphatic heterocycles. The number of H-pyrrole nitrogens is 1. The molecule has 1 aromatic heterocycles. The fourth-order valence-corrected chi connectivity index (χ4v) is 1.11. The third kappa shape index (κ3) is 2.29. The van der Waals surface area contributed by atoms with Crippen LogP contribution in [0.5, 0.6) is 0 Å². The third-order valence-electron chi connectivity index (χ3n) is 1.79. The van der Waals surface area contributed by atoms with E-state index in [2.05, 4.69) is 15.1 Å². The van der Waals surface area contributed by atoms with E-state index in [9.17, 15) is 0 Å². The summed E-state index contributed by atoms with van der Waals surface area (Å²) in [5.74, 6) is 0.693. The minimum Gasteiger partial charge on any atom is -0.390 e. The van der Waals surface area contributed by atoms with Crippen LogP contribution in [0.25, 0.3) is 0 Å². The molecule has 0 radical (unpaired) electrons. The van der Waals surface area contributed by atoms with Gasteiger partial charge in [-0.25, -0.2) is 4.98 Å². The summed E-state index contributed by atoms with van der Waals surface area (Å²) in [6, 6.07) is 0. The van der Waals surface area contributed by atoms with E-state index < -0.39 is 0 Å². The molecular formula is C8H11N3O2. The maximum Gasteiger partial charge on any atom is 0.152 e. The van der Waals surface area contributed by atoms with E-state index in [0.717, 1.165) is 13.0 Å². The highest BCUT2D eigenvalue weighted by Crippen LogP contribution is 2.07. The molecule has 0 aromatic carbocycles. The Morgan fingerprint density at radius 1 is 1.77 bits per heavy atom. The van der Waals surface area contributed by atoms with Crippen molar-refractivity contribution in [2.24, 2.45) is 5.16 Å². The second-order valence-electron chi connectivity index (χ2n) is 2.80. The number of aromatic nitrogens is 2. The highest BCUT2D eigenvalue weighted by molar-refractivity contribution is 5.73. The van der Waals surface area contributed by atoms with Crippen molar-refractivity contribution in [3.05, 3.63) is 18.2 Å². The summed E-state index contributed by atoms with van der Waals surface area (Å²) in [6.07, 6.45) is 5.97. The van der Waals surface area contributed by atoms with E-state index in [4.69, 9.17) is 9.57 Å². The van der Waals surface area contributed by atoms with Gasteiger partial charge in [0.2, 0.25) is 0 Å². The molecule has 1 saturated heterocycles. The molecule has 5 nitrogen and oxygen atoms in total. The molecular weight excluding hydrogens is 170 g/mol. The molecule has 1 aliphatic rings. The molecule has 0 bridgehead atoms. The Morgan fingerprint density at radius 2 is 2.77 bits per heavy atom. The van der Waals surface area contributed by atoms with Gasteiger partial charge in [-0.05, 0) is 0 Å². The molecule has 2 heterocycles. The predicted octanol–water partition coefficient (Wildman–Crippen LogP) is 0.549. The van der Waals surface area contributed by atoms with Crippen LogP contribution in [-0.2, 0) is 9.57 Å². The van der Waals surface area contributed by atoms with Crippen LogP contribution in [0, 0.1) is 0 Å². The van der Waals surface area contributed by atoms with Gasteiger partial charge in [-0.2, -0.15) is 0 Å². The van der Waals surface area contributed by atoms with Crippen molar-refractivity contribution in [3.63, 3.8) is 0 Å². The molecule has 0 amide bonds. The van der Waals surface area contributed by atoms with Crippen molar-refractivity contribution in [2.45, 2.75) is 12.5 Å². The second kappa shape index (κ2) is 4.04. The van der Waals surface area contributed by atoms with Crippen molar-refractivity contribution < 1.29 is 9.57 Å². The summed E-state index contributed by atoms with van der Waals surface area (Å²) in [7, 11) is 0. The van der Waals surface area contributed by atoms with E-state index in [1.165, 1.54) is 0 Å². The fourth-order valence-electron chi connectivity index (χ4n) is 1.11. The monoisotopic (exact) mass is 181 g/mol. The lowest BCUT2D eigenvalue weighted by molar-refractivity contribution is 0.0484. The molecule has 70 valence electrons. The molecule has 2 rings (SSSR count). The Balaban J connectivity index is 1.78. The number of oxime groups is 1. The molecule has 1 N–H and O–H groups in total. The SMILES string of the molecule is C(=N\OC1CCOC1)/c1ncc[nH]1. The number of hydrogen-bond acceptors (Lipinski definition) is 4. The maximum atomic E-state index is 5.16. The van der Waals surface area contributed by atoms with Gasteiger partial charge in [-0.3, -0.25) is 0 Å². The minimum absolute atomic E-state index is 0.103. The first-order valence-electron chi connectivity index (χ1n) is 4.21. The summed E-state index contributed by atoms with van der Waals surface area (Å²) in [4.78, 5) is 12.0. The van der Waals surface area contributed by atoms with Gasteiger partial charge in [0, 0.05) is 18.8 Å². The third-order valence-corrected chi connectivity index (χ3v) is 1.79. The number of nitrogens with zero attached hydrogens (tertiary/aromatic N) is 2.